The minimum Gasteiger partial charge on any atom is -0.351 e. The molecule has 0 aliphatic carbocycles. The quantitative estimate of drug-likeness (QED) is 0.859. The Kier molecular flexibility index (Phi) is 3.94. The van der Waals surface area contributed by atoms with Gasteiger partial charge in [-0.25, -0.2) is 0 Å². The second-order valence-corrected chi connectivity index (χ2v) is 4.70. The fourth-order valence-electron chi connectivity index (χ4n) is 1.75. The van der Waals surface area contributed by atoms with Gasteiger partial charge in [-0.1, -0.05) is 29.3 Å². The van der Waals surface area contributed by atoms with Crippen molar-refractivity contribution in [3.05, 3.63) is 47.1 Å². The van der Waals surface area contributed by atoms with Gasteiger partial charge < -0.3 is 9.88 Å². The molecule has 3 nitrogen and oxygen atoms in total. The smallest absolute Gasteiger partial charge is 0.240 e. The zero-order valence-electron chi connectivity index (χ0n) is 9.62. The highest BCUT2D eigenvalue weighted by Gasteiger charge is 2.08. The highest BCUT2D eigenvalue weighted by molar-refractivity contribution is 6.38. The van der Waals surface area contributed by atoms with Gasteiger partial charge in [-0.2, -0.15) is 0 Å². The van der Waals surface area contributed by atoms with Crippen molar-refractivity contribution in [1.29, 1.82) is 0 Å². The van der Waals surface area contributed by atoms with E-state index in [0.717, 1.165) is 10.9 Å². The molecule has 1 N–H and O–H groups in total. The molecule has 0 spiro atoms. The van der Waals surface area contributed by atoms with Crippen LogP contribution in [-0.4, -0.2) is 17.0 Å². The minimum atomic E-state index is -0.0801. The highest BCUT2D eigenvalue weighted by Crippen LogP contribution is 2.28. The molecule has 5 heteroatoms. The fourth-order valence-corrected chi connectivity index (χ4v) is 2.30. The molecule has 0 radical (unpaired) electrons. The summed E-state index contributed by atoms with van der Waals surface area (Å²) in [5.41, 5.74) is 0.848. The summed E-state index contributed by atoms with van der Waals surface area (Å²) in [6, 6.07) is 5.35. The van der Waals surface area contributed by atoms with Crippen LogP contribution in [0.5, 0.6) is 0 Å². The van der Waals surface area contributed by atoms with Gasteiger partial charge in [0.1, 0.15) is 6.54 Å². The summed E-state index contributed by atoms with van der Waals surface area (Å²) in [5, 5.41) is 4.75. The standard InChI is InChI=1S/C13H12Cl2N2O/c1-2-4-16-13(18)8-17-5-3-10-11(15)6-9(14)7-12(10)17/h2-3,5-7H,1,4,8H2,(H,16,18). The Morgan fingerprint density at radius 2 is 2.22 bits per heavy atom. The van der Waals surface area contributed by atoms with Crippen LogP contribution < -0.4 is 5.32 Å². The van der Waals surface area contributed by atoms with Crippen molar-refractivity contribution in [2.24, 2.45) is 0 Å². The second kappa shape index (κ2) is 5.46. The summed E-state index contributed by atoms with van der Waals surface area (Å²) < 4.78 is 1.81. The molecule has 0 atom stereocenters. The first kappa shape index (κ1) is 13.0. The van der Waals surface area contributed by atoms with E-state index in [0.29, 0.717) is 16.6 Å². The number of halogens is 2. The zero-order chi connectivity index (χ0) is 13.1. The number of amides is 1. The number of hydrogen-bond acceptors (Lipinski definition) is 1. The zero-order valence-corrected chi connectivity index (χ0v) is 11.1. The normalized spacial score (nSPS) is 10.6. The predicted molar refractivity (Wildman–Crippen MR) is 75.2 cm³/mol. The van der Waals surface area contributed by atoms with Crippen LogP contribution in [-0.2, 0) is 11.3 Å². The first-order chi connectivity index (χ1) is 8.61. The number of fused-ring (bicyclic) bond motifs is 1. The number of benzene rings is 1. The molecule has 1 aromatic carbocycles. The van der Waals surface area contributed by atoms with Gasteiger partial charge in [-0.15, -0.1) is 6.58 Å². The van der Waals surface area contributed by atoms with Crippen LogP contribution >= 0.6 is 23.2 Å². The number of carbonyl (C=O) groups excluding carboxylic acids is 1. The molecule has 0 saturated carbocycles. The molecular weight excluding hydrogens is 271 g/mol. The third-order valence-electron chi connectivity index (χ3n) is 2.56. The molecule has 2 rings (SSSR count). The lowest BCUT2D eigenvalue weighted by Crippen LogP contribution is -2.27. The first-order valence-corrected chi connectivity index (χ1v) is 6.19. The van der Waals surface area contributed by atoms with Crippen molar-refractivity contribution >= 4 is 40.0 Å². The van der Waals surface area contributed by atoms with Crippen LogP contribution in [0.15, 0.2) is 37.1 Å². The van der Waals surface area contributed by atoms with Crippen molar-refractivity contribution in [2.75, 3.05) is 6.54 Å². The summed E-state index contributed by atoms with van der Waals surface area (Å²) in [4.78, 5) is 11.6. The molecular formula is C13H12Cl2N2O. The Morgan fingerprint density at radius 3 is 2.94 bits per heavy atom. The SMILES string of the molecule is C=CCNC(=O)Cn1ccc2c(Cl)cc(Cl)cc21. The molecule has 0 fully saturated rings. The lowest BCUT2D eigenvalue weighted by molar-refractivity contribution is -0.121. The number of aromatic nitrogens is 1. The Bertz CT molecular complexity index is 604. The topological polar surface area (TPSA) is 34.0 Å². The molecule has 0 bridgehead atoms. The fraction of sp³-hybridized carbons (Fsp3) is 0.154. The van der Waals surface area contributed by atoms with E-state index in [1.54, 1.807) is 18.2 Å². The van der Waals surface area contributed by atoms with Crippen LogP contribution in [0, 0.1) is 0 Å². The number of rotatable bonds is 4. The van der Waals surface area contributed by atoms with Crippen LogP contribution in [0.1, 0.15) is 0 Å². The van der Waals surface area contributed by atoms with E-state index >= 15 is 0 Å². The minimum absolute atomic E-state index is 0.0801. The van der Waals surface area contributed by atoms with Gasteiger partial charge in [0.2, 0.25) is 5.91 Å². The van der Waals surface area contributed by atoms with Crippen molar-refractivity contribution in [1.82, 2.24) is 9.88 Å². The van der Waals surface area contributed by atoms with E-state index in [1.165, 1.54) is 0 Å². The second-order valence-electron chi connectivity index (χ2n) is 3.86. The monoisotopic (exact) mass is 282 g/mol. The maximum absolute atomic E-state index is 11.6. The van der Waals surface area contributed by atoms with Gasteiger partial charge in [0.15, 0.2) is 0 Å². The lowest BCUT2D eigenvalue weighted by Gasteiger charge is -2.06. The molecule has 2 aromatic rings. The van der Waals surface area contributed by atoms with Crippen LogP contribution in [0.25, 0.3) is 10.9 Å². The average Bonchev–Trinajstić information content (AvgIpc) is 2.70. The lowest BCUT2D eigenvalue weighted by atomic mass is 10.2. The Labute approximate surface area is 115 Å². The highest BCUT2D eigenvalue weighted by atomic mass is 35.5. The van der Waals surface area contributed by atoms with Gasteiger partial charge in [0.25, 0.3) is 0 Å². The van der Waals surface area contributed by atoms with Crippen LogP contribution in [0.4, 0.5) is 0 Å². The van der Waals surface area contributed by atoms with Crippen molar-refractivity contribution in [3.63, 3.8) is 0 Å². The van der Waals surface area contributed by atoms with E-state index in [-0.39, 0.29) is 12.5 Å². The maximum Gasteiger partial charge on any atom is 0.240 e. The maximum atomic E-state index is 11.6. The largest absolute Gasteiger partial charge is 0.351 e. The van der Waals surface area contributed by atoms with Crippen LogP contribution in [0.3, 0.4) is 0 Å². The molecule has 1 heterocycles. The third-order valence-corrected chi connectivity index (χ3v) is 3.09. The Morgan fingerprint density at radius 1 is 1.44 bits per heavy atom. The Hall–Kier alpha value is -1.45. The summed E-state index contributed by atoms with van der Waals surface area (Å²) in [5.74, 6) is -0.0801. The molecule has 0 saturated heterocycles. The van der Waals surface area contributed by atoms with E-state index in [2.05, 4.69) is 11.9 Å². The summed E-state index contributed by atoms with van der Waals surface area (Å²) >= 11 is 12.0. The van der Waals surface area contributed by atoms with Gasteiger partial charge in [0.05, 0.1) is 10.5 Å². The van der Waals surface area contributed by atoms with Crippen molar-refractivity contribution < 1.29 is 4.79 Å². The number of hydrogen-bond donors (Lipinski definition) is 1. The van der Waals surface area contributed by atoms with Gasteiger partial charge >= 0.3 is 0 Å². The molecule has 1 amide bonds. The molecule has 18 heavy (non-hydrogen) atoms. The summed E-state index contributed by atoms with van der Waals surface area (Å²) in [6.07, 6.45) is 3.46. The molecule has 94 valence electrons. The van der Waals surface area contributed by atoms with Crippen LogP contribution in [0.2, 0.25) is 10.0 Å². The van der Waals surface area contributed by atoms with E-state index < -0.39 is 0 Å². The average molecular weight is 283 g/mol. The van der Waals surface area contributed by atoms with Gasteiger partial charge in [-0.3, -0.25) is 4.79 Å². The molecule has 1 aromatic heterocycles. The number of nitrogens with one attached hydrogen (secondary N) is 1. The third kappa shape index (κ3) is 2.68. The molecule has 0 aliphatic heterocycles. The molecule has 0 unspecified atom stereocenters. The first-order valence-electron chi connectivity index (χ1n) is 5.43. The summed E-state index contributed by atoms with van der Waals surface area (Å²) in [6.45, 7) is 4.23. The van der Waals surface area contributed by atoms with Crippen molar-refractivity contribution in [2.45, 2.75) is 6.54 Å². The number of nitrogens with zero attached hydrogens (tertiary/aromatic N) is 1. The van der Waals surface area contributed by atoms with Gasteiger partial charge in [-0.05, 0) is 18.2 Å². The van der Waals surface area contributed by atoms with Crippen molar-refractivity contribution in [3.8, 4) is 0 Å². The van der Waals surface area contributed by atoms with E-state index in [9.17, 15) is 4.79 Å². The van der Waals surface area contributed by atoms with Gasteiger partial charge in [0, 0.05) is 23.2 Å². The Balaban J connectivity index is 2.29. The predicted octanol–water partition coefficient (Wildman–Crippen LogP) is 3.25. The number of carbonyl (C=O) groups is 1. The van der Waals surface area contributed by atoms with E-state index in [1.807, 2.05) is 16.8 Å². The van der Waals surface area contributed by atoms with E-state index in [4.69, 9.17) is 23.2 Å². The molecule has 0 aliphatic rings. The summed E-state index contributed by atoms with van der Waals surface area (Å²) in [7, 11) is 0.